The highest BCUT2D eigenvalue weighted by molar-refractivity contribution is 7.91. The highest BCUT2D eigenvalue weighted by Crippen LogP contribution is 2.43. The lowest BCUT2D eigenvalue weighted by atomic mass is 10.0. The number of carbonyl (C=O) groups excluding carboxylic acids is 1. The van der Waals surface area contributed by atoms with Gasteiger partial charge in [-0.25, -0.2) is 27.2 Å². The first-order valence-electron chi connectivity index (χ1n) is 16.4. The third-order valence-corrected chi connectivity index (χ3v) is 14.2. The Morgan fingerprint density at radius 1 is 1.22 bits per heavy atom. The van der Waals surface area contributed by atoms with E-state index in [0.29, 0.717) is 53.3 Å². The van der Waals surface area contributed by atoms with Gasteiger partial charge in [-0.3, -0.25) is 18.9 Å². The van der Waals surface area contributed by atoms with Gasteiger partial charge in [0.15, 0.2) is 5.82 Å². The summed E-state index contributed by atoms with van der Waals surface area (Å²) in [7, 11) is -2.63. The van der Waals surface area contributed by atoms with Crippen molar-refractivity contribution >= 4 is 49.0 Å². The molecule has 2 aliphatic heterocycles. The first-order valence-corrected chi connectivity index (χ1v) is 19.5. The summed E-state index contributed by atoms with van der Waals surface area (Å²) < 4.78 is 67.0. The van der Waals surface area contributed by atoms with Crippen LogP contribution in [-0.4, -0.2) is 63.0 Å². The van der Waals surface area contributed by atoms with Crippen molar-refractivity contribution in [1.82, 2.24) is 23.2 Å². The van der Waals surface area contributed by atoms with Gasteiger partial charge in [0, 0.05) is 5.56 Å². The molecule has 4 aromatic rings. The van der Waals surface area contributed by atoms with E-state index in [0.717, 1.165) is 40.3 Å². The van der Waals surface area contributed by atoms with Crippen LogP contribution < -0.4 is 20.7 Å². The van der Waals surface area contributed by atoms with Gasteiger partial charge >= 0.3 is 5.69 Å². The highest BCUT2D eigenvalue weighted by Gasteiger charge is 2.52. The standard InChI is InChI=1S/C33H38FN5O8S3/c1-17-25-28(40)39(32(2,3)30(41)37-50(43,44)33(4)10-11-33)31(42)38(29(25)49-26(17)27-35-16-48-36-27)15-24(22-12-18(34)6-9-23(22)45-5)47-21-13-19-7-8-20(14-21)46-19/h6,9,12,16,19-21,24H,7-8,10-11,13-15H2,1-5H3,(H,37,41)/t19-,20-,24+/m1/s1. The highest BCUT2D eigenvalue weighted by atomic mass is 32.2. The van der Waals surface area contributed by atoms with Gasteiger partial charge in [0.2, 0.25) is 10.0 Å². The Morgan fingerprint density at radius 2 is 1.92 bits per heavy atom. The zero-order chi connectivity index (χ0) is 35.7. The summed E-state index contributed by atoms with van der Waals surface area (Å²) >= 11 is 2.28. The molecule has 5 heterocycles. The topological polar surface area (TPSA) is 161 Å². The molecule has 3 aliphatic rings. The molecule has 0 unspecified atom stereocenters. The third kappa shape index (κ3) is 5.99. The number of nitrogens with zero attached hydrogens (tertiary/aromatic N) is 4. The summed E-state index contributed by atoms with van der Waals surface area (Å²) in [6.07, 6.45) is 2.69. The molecule has 50 heavy (non-hydrogen) atoms. The van der Waals surface area contributed by atoms with Crippen LogP contribution in [0.2, 0.25) is 0 Å². The molecule has 1 N–H and O–H groups in total. The van der Waals surface area contributed by atoms with Gasteiger partial charge in [0.1, 0.15) is 33.6 Å². The zero-order valence-electron chi connectivity index (χ0n) is 28.2. The molecule has 7 rings (SSSR count). The van der Waals surface area contributed by atoms with E-state index in [9.17, 15) is 27.2 Å². The smallest absolute Gasteiger partial charge is 0.333 e. The van der Waals surface area contributed by atoms with Crippen LogP contribution in [0, 0.1) is 12.7 Å². The minimum atomic E-state index is -4.09. The number of fused-ring (bicyclic) bond motifs is 3. The fourth-order valence-corrected chi connectivity index (χ4v) is 10.0. The van der Waals surface area contributed by atoms with Crippen LogP contribution in [0.3, 0.4) is 0 Å². The van der Waals surface area contributed by atoms with Crippen LogP contribution in [0.1, 0.15) is 76.5 Å². The molecule has 13 nitrogen and oxygen atoms in total. The number of aryl methyl sites for hydroxylation is 1. The number of ether oxygens (including phenoxy) is 3. The van der Waals surface area contributed by atoms with Crippen molar-refractivity contribution in [3.8, 4) is 16.5 Å². The summed E-state index contributed by atoms with van der Waals surface area (Å²) in [6, 6.07) is 4.07. The maximum Gasteiger partial charge on any atom is 0.333 e. The molecule has 1 amide bonds. The number of hydrogen-bond donors (Lipinski definition) is 1. The number of hydrogen-bond acceptors (Lipinski definition) is 12. The molecule has 2 bridgehead atoms. The Labute approximate surface area is 295 Å². The fraction of sp³-hybridized carbons (Fsp3) is 0.545. The monoisotopic (exact) mass is 747 g/mol. The lowest BCUT2D eigenvalue weighted by Gasteiger charge is -2.33. The quantitative estimate of drug-likeness (QED) is 0.233. The minimum absolute atomic E-state index is 0.0340. The lowest BCUT2D eigenvalue weighted by molar-refractivity contribution is -0.126. The SMILES string of the molecule is COc1ccc(F)cc1[C@H](Cn1c(=O)n(C(C)(C)C(=O)NS(=O)(=O)C2(C)CC2)c(=O)c2c(C)c(-c3ncsn3)sc21)OC1C[C@H]2CC[C@H](C1)O2. The molecule has 17 heteroatoms. The molecule has 2 saturated heterocycles. The fourth-order valence-electron chi connectivity index (χ4n) is 6.89. The molecular weight excluding hydrogens is 710 g/mol. The Hall–Kier alpha value is -3.51. The van der Waals surface area contributed by atoms with Crippen LogP contribution in [0.25, 0.3) is 20.9 Å². The van der Waals surface area contributed by atoms with Crippen LogP contribution in [-0.2, 0) is 36.4 Å². The second kappa shape index (κ2) is 12.6. The van der Waals surface area contributed by atoms with Gasteiger partial charge < -0.3 is 14.2 Å². The van der Waals surface area contributed by atoms with Gasteiger partial charge in [0.05, 0.1) is 47.0 Å². The van der Waals surface area contributed by atoms with Crippen LogP contribution >= 0.6 is 22.9 Å². The summed E-state index contributed by atoms with van der Waals surface area (Å²) in [5, 5.41) is 0.145. The van der Waals surface area contributed by atoms with Crippen molar-refractivity contribution in [2.75, 3.05) is 7.11 Å². The molecule has 1 saturated carbocycles. The van der Waals surface area contributed by atoms with Crippen molar-refractivity contribution in [2.45, 2.75) is 107 Å². The summed E-state index contributed by atoms with van der Waals surface area (Å²) in [5.41, 5.74) is -1.18. The number of rotatable bonds is 11. The van der Waals surface area contributed by atoms with Crippen LogP contribution in [0.5, 0.6) is 5.75 Å². The number of halogens is 1. The van der Waals surface area contributed by atoms with E-state index < -0.39 is 49.4 Å². The van der Waals surface area contributed by atoms with E-state index in [-0.39, 0.29) is 35.1 Å². The van der Waals surface area contributed by atoms with E-state index in [4.69, 9.17) is 14.2 Å². The largest absolute Gasteiger partial charge is 0.496 e. The summed E-state index contributed by atoms with van der Waals surface area (Å²) in [4.78, 5) is 48.1. The number of sulfonamides is 1. The third-order valence-electron chi connectivity index (χ3n) is 10.2. The van der Waals surface area contributed by atoms with E-state index in [1.165, 1.54) is 50.6 Å². The minimum Gasteiger partial charge on any atom is -0.496 e. The predicted octanol–water partition coefficient (Wildman–Crippen LogP) is 4.40. The number of benzene rings is 1. The Morgan fingerprint density at radius 3 is 2.54 bits per heavy atom. The van der Waals surface area contributed by atoms with E-state index in [1.807, 2.05) is 0 Å². The number of amides is 1. The number of aromatic nitrogens is 4. The van der Waals surface area contributed by atoms with Crippen molar-refractivity contribution in [3.05, 3.63) is 61.5 Å². The summed E-state index contributed by atoms with van der Waals surface area (Å²) in [5.74, 6) is -0.840. The molecule has 268 valence electrons. The second-order valence-electron chi connectivity index (χ2n) is 14.0. The molecule has 1 aromatic carbocycles. The zero-order valence-corrected chi connectivity index (χ0v) is 30.7. The Balaban J connectivity index is 1.40. The molecule has 1 aliphatic carbocycles. The van der Waals surface area contributed by atoms with E-state index in [1.54, 1.807) is 12.4 Å². The lowest BCUT2D eigenvalue weighted by Crippen LogP contribution is -2.57. The Bertz CT molecular complexity index is 2200. The van der Waals surface area contributed by atoms with Gasteiger partial charge in [-0.05, 0) is 102 Å². The molecule has 3 atom stereocenters. The number of thiophene rings is 1. The normalized spacial score (nSPS) is 22.1. The van der Waals surface area contributed by atoms with E-state index >= 15 is 0 Å². The average molecular weight is 748 g/mol. The first-order chi connectivity index (χ1) is 23.6. The Kier molecular flexibility index (Phi) is 8.81. The average Bonchev–Trinajstić information content (AvgIpc) is 3.35. The maximum absolute atomic E-state index is 14.9. The van der Waals surface area contributed by atoms with Crippen LogP contribution in [0.15, 0.2) is 33.3 Å². The number of nitrogens with one attached hydrogen (secondary N) is 1. The summed E-state index contributed by atoms with van der Waals surface area (Å²) in [6.45, 7) is 5.72. The molecule has 0 radical (unpaired) electrons. The molecular formula is C33H38FN5O8S3. The van der Waals surface area contributed by atoms with Crippen molar-refractivity contribution < 1.29 is 31.8 Å². The molecule has 0 spiro atoms. The van der Waals surface area contributed by atoms with Crippen molar-refractivity contribution in [2.24, 2.45) is 0 Å². The van der Waals surface area contributed by atoms with Gasteiger partial charge in [-0.2, -0.15) is 4.37 Å². The molecule has 3 aromatic heterocycles. The molecule has 3 fully saturated rings. The van der Waals surface area contributed by atoms with Gasteiger partial charge in [-0.1, -0.05) is 0 Å². The van der Waals surface area contributed by atoms with Crippen molar-refractivity contribution in [1.29, 1.82) is 0 Å². The van der Waals surface area contributed by atoms with Crippen LogP contribution in [0.4, 0.5) is 4.39 Å². The predicted molar refractivity (Wildman–Crippen MR) is 186 cm³/mol. The second-order valence-corrected chi connectivity index (χ2v) is 17.8. The first kappa shape index (κ1) is 34.9. The van der Waals surface area contributed by atoms with Gasteiger partial charge in [-0.15, -0.1) is 11.3 Å². The maximum atomic E-state index is 14.9. The van der Waals surface area contributed by atoms with Crippen molar-refractivity contribution in [3.63, 3.8) is 0 Å². The number of methoxy groups -OCH3 is 1. The van der Waals surface area contributed by atoms with Gasteiger partial charge in [0.25, 0.3) is 11.5 Å². The number of carbonyl (C=O) groups is 1. The van der Waals surface area contributed by atoms with E-state index in [2.05, 4.69) is 14.1 Å².